The van der Waals surface area contributed by atoms with E-state index >= 15 is 0 Å². The molecule has 108 valence electrons. The van der Waals surface area contributed by atoms with Gasteiger partial charge in [-0.15, -0.1) is 0 Å². The van der Waals surface area contributed by atoms with Crippen LogP contribution in [0, 0.1) is 0 Å². The van der Waals surface area contributed by atoms with Gasteiger partial charge in [0.25, 0.3) is 0 Å². The smallest absolute Gasteiger partial charge is 0.336 e. The first kappa shape index (κ1) is 20.6. The minimum absolute atomic E-state index is 0. The predicted molar refractivity (Wildman–Crippen MR) is 40.4 cm³/mol. The van der Waals surface area contributed by atoms with Crippen LogP contribution in [0.1, 0.15) is 0 Å². The Labute approximate surface area is 108 Å². The van der Waals surface area contributed by atoms with Crippen LogP contribution in [0.3, 0.4) is 0 Å². The van der Waals surface area contributed by atoms with Gasteiger partial charge in [-0.1, -0.05) is 0 Å². The first-order chi connectivity index (χ1) is 7.00. The largest absolute Gasteiger partial charge is 0.463 e. The minimum Gasteiger partial charge on any atom is -0.336 e. The van der Waals surface area contributed by atoms with Crippen LogP contribution in [0.5, 0.6) is 0 Å². The first-order valence-corrected chi connectivity index (χ1v) is 4.88. The summed E-state index contributed by atoms with van der Waals surface area (Å²) in [7, 11) is -8.26. The van der Waals surface area contributed by atoms with Crippen molar-refractivity contribution in [3.05, 3.63) is 0 Å². The monoisotopic (exact) mass is 328 g/mol. The van der Waals surface area contributed by atoms with Gasteiger partial charge >= 0.3 is 54.1 Å². The second kappa shape index (κ2) is 4.98. The molecule has 1 N–H and O–H groups in total. The van der Waals surface area contributed by atoms with Gasteiger partial charge < -0.3 is 4.89 Å². The van der Waals surface area contributed by atoms with E-state index in [0.717, 1.165) is 0 Å². The number of rotatable bonds is 2. The summed E-state index contributed by atoms with van der Waals surface area (Å²) in [4.78, 5) is 7.86. The molecule has 0 unspecified atom stereocenters. The van der Waals surface area contributed by atoms with Gasteiger partial charge in [0.05, 0.1) is 0 Å². The Morgan fingerprint density at radius 3 is 0.944 bits per heavy atom. The zero-order valence-corrected chi connectivity index (χ0v) is 7.98. The van der Waals surface area contributed by atoms with E-state index in [1.165, 1.54) is 0 Å². The summed E-state index contributed by atoms with van der Waals surface area (Å²) in [6.07, 6.45) is -14.0. The maximum Gasteiger partial charge on any atom is 0.463 e. The molecule has 2 nitrogen and oxygen atoms in total. The lowest BCUT2D eigenvalue weighted by Crippen LogP contribution is -2.47. The van der Waals surface area contributed by atoms with E-state index in [1.54, 1.807) is 0 Å². The van der Waals surface area contributed by atoms with Crippen LogP contribution in [0.25, 0.3) is 0 Å². The van der Waals surface area contributed by atoms with E-state index in [1.807, 2.05) is 0 Å². The summed E-state index contributed by atoms with van der Waals surface area (Å²) >= 11 is 0. The Hall–Kier alpha value is 0.256. The summed E-state index contributed by atoms with van der Waals surface area (Å²) < 4.78 is 127. The fourth-order valence-electron chi connectivity index (χ4n) is 0.520. The van der Waals surface area contributed by atoms with Crippen molar-refractivity contribution in [1.29, 1.82) is 0 Å². The molecule has 0 saturated carbocycles. The molecule has 0 spiro atoms. The summed E-state index contributed by atoms with van der Waals surface area (Å²) in [5.74, 6) is 0. The van der Waals surface area contributed by atoms with E-state index in [4.69, 9.17) is 4.89 Å². The van der Waals surface area contributed by atoms with Gasteiger partial charge in [-0.25, -0.2) is 0 Å². The fraction of sp³-hybridized carbons (Fsp3) is 1.00. The molecule has 0 saturated heterocycles. The lowest BCUT2D eigenvalue weighted by atomic mass is 10.7. The highest BCUT2D eigenvalue weighted by atomic mass is 31.2. The molecule has 18 heavy (non-hydrogen) atoms. The van der Waals surface area contributed by atoms with Gasteiger partial charge in [0.1, 0.15) is 0 Å². The van der Waals surface area contributed by atoms with E-state index < -0.39 is 31.0 Å². The Bertz CT molecular complexity index is 315. The van der Waals surface area contributed by atoms with Crippen LogP contribution >= 0.6 is 7.37 Å². The van der Waals surface area contributed by atoms with E-state index in [9.17, 15) is 48.5 Å². The lowest BCUT2D eigenvalue weighted by Gasteiger charge is -2.30. The van der Waals surface area contributed by atoms with Crippen molar-refractivity contribution < 1.29 is 53.4 Å². The predicted octanol–water partition coefficient (Wildman–Crippen LogP) is 2.65. The third kappa shape index (κ3) is 2.88. The summed E-state index contributed by atoms with van der Waals surface area (Å²) in [5, 5.41) is 0. The van der Waals surface area contributed by atoms with Gasteiger partial charge in [0.15, 0.2) is 0 Å². The molecule has 0 bridgehead atoms. The number of halogens is 10. The summed E-state index contributed by atoms with van der Waals surface area (Å²) in [6.45, 7) is 0. The van der Waals surface area contributed by atoms with Gasteiger partial charge in [0, 0.05) is 0 Å². The molecule has 0 aliphatic rings. The summed E-state index contributed by atoms with van der Waals surface area (Å²) in [5.41, 5.74) is -14.2. The highest BCUT2D eigenvalue weighted by Crippen LogP contribution is 2.74. The van der Waals surface area contributed by atoms with Gasteiger partial charge in [-0.2, -0.15) is 43.9 Å². The SMILES string of the molecule is O=P(O)(C(F)(F)C(F)(F)F)C(F)(F)C(F)(F)F.[MgH2]. The quantitative estimate of drug-likeness (QED) is 0.481. The Kier molecular flexibility index (Phi) is 5.69. The molecule has 0 aliphatic carbocycles. The molecular weight excluding hydrogens is 325 g/mol. The van der Waals surface area contributed by atoms with E-state index in [2.05, 4.69) is 0 Å². The maximum atomic E-state index is 12.1. The number of hydrogen-bond donors (Lipinski definition) is 1. The van der Waals surface area contributed by atoms with Crippen molar-refractivity contribution in [2.24, 2.45) is 0 Å². The van der Waals surface area contributed by atoms with Gasteiger partial charge in [0.2, 0.25) is 0 Å². The molecule has 0 aromatic rings. The normalized spacial score (nSPS) is 15.3. The molecule has 0 amide bonds. The minimum atomic E-state index is -8.26. The molecule has 0 atom stereocenters. The second-order valence-corrected chi connectivity index (χ2v) is 4.93. The Balaban J connectivity index is 0. The van der Waals surface area contributed by atoms with E-state index in [0.29, 0.717) is 0 Å². The van der Waals surface area contributed by atoms with Gasteiger partial charge in [-0.05, 0) is 0 Å². The van der Waals surface area contributed by atoms with Crippen molar-refractivity contribution in [2.75, 3.05) is 0 Å². The molecule has 0 rings (SSSR count). The van der Waals surface area contributed by atoms with Crippen molar-refractivity contribution in [1.82, 2.24) is 0 Å². The lowest BCUT2D eigenvalue weighted by molar-refractivity contribution is -0.270. The fourth-order valence-corrected chi connectivity index (χ4v) is 1.56. The maximum absolute atomic E-state index is 12.1. The molecule has 0 fully saturated rings. The van der Waals surface area contributed by atoms with Crippen LogP contribution in [-0.2, 0) is 4.57 Å². The van der Waals surface area contributed by atoms with Crippen molar-refractivity contribution in [2.45, 2.75) is 23.7 Å². The van der Waals surface area contributed by atoms with Crippen LogP contribution in [0.4, 0.5) is 43.9 Å². The average Bonchev–Trinajstić information content (AvgIpc) is 1.98. The van der Waals surface area contributed by atoms with Crippen molar-refractivity contribution >= 4 is 30.4 Å². The topological polar surface area (TPSA) is 37.3 Å². The average molecular weight is 328 g/mol. The molecule has 14 heteroatoms. The van der Waals surface area contributed by atoms with Crippen LogP contribution in [-0.4, -0.2) is 51.6 Å². The zero-order valence-electron chi connectivity index (χ0n) is 7.08. The molecule has 0 aromatic carbocycles. The third-order valence-corrected chi connectivity index (χ3v) is 3.47. The van der Waals surface area contributed by atoms with Crippen molar-refractivity contribution in [3.63, 3.8) is 0 Å². The molecule has 0 aromatic heterocycles. The number of hydrogen-bond acceptors (Lipinski definition) is 1. The molecule has 0 heterocycles. The van der Waals surface area contributed by atoms with Crippen LogP contribution < -0.4 is 0 Å². The van der Waals surface area contributed by atoms with Crippen LogP contribution in [0.15, 0.2) is 0 Å². The summed E-state index contributed by atoms with van der Waals surface area (Å²) in [6, 6.07) is 0. The third-order valence-electron chi connectivity index (χ3n) is 1.44. The first-order valence-electron chi connectivity index (χ1n) is 3.22. The zero-order chi connectivity index (χ0) is 14.5. The van der Waals surface area contributed by atoms with E-state index in [-0.39, 0.29) is 23.1 Å². The van der Waals surface area contributed by atoms with Crippen molar-refractivity contribution in [3.8, 4) is 0 Å². The number of alkyl halides is 10. The molecule has 0 radical (unpaired) electrons. The van der Waals surface area contributed by atoms with Crippen LogP contribution in [0.2, 0.25) is 0 Å². The Morgan fingerprint density at radius 1 is 0.667 bits per heavy atom. The Morgan fingerprint density at radius 2 is 0.833 bits per heavy atom. The molecule has 0 aliphatic heterocycles. The van der Waals surface area contributed by atoms with Gasteiger partial charge in [-0.3, -0.25) is 4.57 Å². The molecular formula is C4H3F10MgO2P. The second-order valence-electron chi connectivity index (χ2n) is 2.65. The highest BCUT2D eigenvalue weighted by molar-refractivity contribution is 7.60. The standard InChI is InChI=1S/C4HF10O2P.Mg.2H/c5-1(6,7)3(11,12)17(15,16)4(13,14)2(8,9)10;;;/h(H,15,16);;;. The highest BCUT2D eigenvalue weighted by Gasteiger charge is 2.83.